The molecule has 0 aromatic heterocycles. The first-order chi connectivity index (χ1) is 7.56. The van der Waals surface area contributed by atoms with E-state index in [1.807, 2.05) is 18.7 Å². The maximum Gasteiger partial charge on any atom is 0.239 e. The number of carbonyl (C=O) groups excluding carboxylic acids is 1. The van der Waals surface area contributed by atoms with E-state index in [2.05, 4.69) is 6.92 Å². The van der Waals surface area contributed by atoms with Crippen LogP contribution in [-0.2, 0) is 4.79 Å². The molecule has 0 unspecified atom stereocenters. The van der Waals surface area contributed by atoms with Gasteiger partial charge >= 0.3 is 0 Å². The quantitative estimate of drug-likeness (QED) is 0.797. The van der Waals surface area contributed by atoms with Gasteiger partial charge in [0.15, 0.2) is 0 Å². The number of rotatable bonds is 4. The Morgan fingerprint density at radius 3 is 2.38 bits per heavy atom. The van der Waals surface area contributed by atoms with E-state index in [1.165, 1.54) is 12.8 Å². The van der Waals surface area contributed by atoms with Crippen molar-refractivity contribution in [3.05, 3.63) is 0 Å². The van der Waals surface area contributed by atoms with Crippen LogP contribution < -0.4 is 5.73 Å². The molecule has 0 radical (unpaired) electrons. The predicted molar refractivity (Wildman–Crippen MR) is 67.0 cm³/mol. The van der Waals surface area contributed by atoms with Crippen molar-refractivity contribution in [2.24, 2.45) is 17.6 Å². The lowest BCUT2D eigenvalue weighted by molar-refractivity contribution is -0.135. The minimum atomic E-state index is -0.317. The van der Waals surface area contributed by atoms with Gasteiger partial charge in [0.25, 0.3) is 0 Å². The van der Waals surface area contributed by atoms with E-state index < -0.39 is 0 Å². The fourth-order valence-electron chi connectivity index (χ4n) is 2.35. The molecule has 1 heterocycles. The molecule has 1 fully saturated rings. The van der Waals surface area contributed by atoms with Gasteiger partial charge in [0.05, 0.1) is 6.04 Å². The monoisotopic (exact) mass is 226 g/mol. The molecule has 1 rings (SSSR count). The van der Waals surface area contributed by atoms with Crippen molar-refractivity contribution in [3.8, 4) is 0 Å². The van der Waals surface area contributed by atoms with Crippen molar-refractivity contribution in [1.29, 1.82) is 0 Å². The molecule has 0 aromatic rings. The first-order valence-corrected chi connectivity index (χ1v) is 6.60. The van der Waals surface area contributed by atoms with Crippen LogP contribution in [0.1, 0.15) is 46.5 Å². The van der Waals surface area contributed by atoms with Crippen molar-refractivity contribution in [2.75, 3.05) is 13.1 Å². The van der Waals surface area contributed by atoms with Gasteiger partial charge < -0.3 is 10.6 Å². The largest absolute Gasteiger partial charge is 0.341 e. The van der Waals surface area contributed by atoms with Crippen LogP contribution in [0.5, 0.6) is 0 Å². The van der Waals surface area contributed by atoms with Crippen LogP contribution in [0.4, 0.5) is 0 Å². The fraction of sp³-hybridized carbons (Fsp3) is 0.923. The lowest BCUT2D eigenvalue weighted by Crippen LogP contribution is -2.49. The van der Waals surface area contributed by atoms with Crippen molar-refractivity contribution in [2.45, 2.75) is 52.5 Å². The molecule has 0 spiro atoms. The van der Waals surface area contributed by atoms with Gasteiger partial charge in [-0.15, -0.1) is 0 Å². The Kier molecular flexibility index (Phi) is 5.26. The Bertz CT molecular complexity index is 220. The zero-order chi connectivity index (χ0) is 12.1. The third-order valence-electron chi connectivity index (χ3n) is 3.63. The van der Waals surface area contributed by atoms with Gasteiger partial charge in [-0.3, -0.25) is 4.79 Å². The Hall–Kier alpha value is -0.570. The minimum Gasteiger partial charge on any atom is -0.341 e. The van der Waals surface area contributed by atoms with Crippen LogP contribution in [0, 0.1) is 11.8 Å². The Balaban J connectivity index is 2.38. The second-order valence-corrected chi connectivity index (χ2v) is 5.33. The van der Waals surface area contributed by atoms with Crippen molar-refractivity contribution in [1.82, 2.24) is 4.90 Å². The van der Waals surface area contributed by atoms with Gasteiger partial charge in [0.1, 0.15) is 0 Å². The zero-order valence-electron chi connectivity index (χ0n) is 10.9. The number of likely N-dealkylation sites (tertiary alicyclic amines) is 1. The Morgan fingerprint density at radius 2 is 1.94 bits per heavy atom. The van der Waals surface area contributed by atoms with Crippen LogP contribution in [0.2, 0.25) is 0 Å². The molecule has 2 N–H and O–H groups in total. The summed E-state index contributed by atoms with van der Waals surface area (Å²) in [4.78, 5) is 14.0. The molecule has 3 heteroatoms. The summed E-state index contributed by atoms with van der Waals surface area (Å²) in [7, 11) is 0. The van der Waals surface area contributed by atoms with E-state index in [-0.39, 0.29) is 17.9 Å². The third kappa shape index (κ3) is 3.48. The maximum absolute atomic E-state index is 12.0. The van der Waals surface area contributed by atoms with Gasteiger partial charge in [-0.25, -0.2) is 0 Å². The van der Waals surface area contributed by atoms with Gasteiger partial charge in [-0.1, -0.05) is 33.6 Å². The highest BCUT2D eigenvalue weighted by atomic mass is 16.2. The summed E-state index contributed by atoms with van der Waals surface area (Å²) in [6, 6.07) is -0.317. The van der Waals surface area contributed by atoms with Crippen LogP contribution in [0.15, 0.2) is 0 Å². The molecule has 1 atom stereocenters. The summed E-state index contributed by atoms with van der Waals surface area (Å²) in [5, 5.41) is 0. The zero-order valence-corrected chi connectivity index (χ0v) is 10.9. The average molecular weight is 226 g/mol. The van der Waals surface area contributed by atoms with E-state index in [0.717, 1.165) is 31.8 Å². The van der Waals surface area contributed by atoms with Crippen LogP contribution in [0.25, 0.3) is 0 Å². The molecule has 3 nitrogen and oxygen atoms in total. The third-order valence-corrected chi connectivity index (χ3v) is 3.63. The smallest absolute Gasteiger partial charge is 0.239 e. The van der Waals surface area contributed by atoms with E-state index in [4.69, 9.17) is 5.73 Å². The molecule has 0 aliphatic carbocycles. The van der Waals surface area contributed by atoms with Crippen molar-refractivity contribution < 1.29 is 4.79 Å². The van der Waals surface area contributed by atoms with Crippen LogP contribution in [-0.4, -0.2) is 29.9 Å². The number of hydrogen-bond donors (Lipinski definition) is 1. The summed E-state index contributed by atoms with van der Waals surface area (Å²) in [6.07, 6.45) is 4.87. The highest BCUT2D eigenvalue weighted by Crippen LogP contribution is 2.22. The second kappa shape index (κ2) is 6.24. The first-order valence-electron chi connectivity index (χ1n) is 6.60. The lowest BCUT2D eigenvalue weighted by Gasteiger charge is -2.34. The topological polar surface area (TPSA) is 46.3 Å². The highest BCUT2D eigenvalue weighted by Gasteiger charge is 2.27. The summed E-state index contributed by atoms with van der Waals surface area (Å²) >= 11 is 0. The molecular weight excluding hydrogens is 200 g/mol. The summed E-state index contributed by atoms with van der Waals surface area (Å²) < 4.78 is 0. The molecule has 0 aromatic carbocycles. The first kappa shape index (κ1) is 13.5. The van der Waals surface area contributed by atoms with Gasteiger partial charge in [-0.2, -0.15) is 0 Å². The van der Waals surface area contributed by atoms with Crippen LogP contribution in [0.3, 0.4) is 0 Å². The molecular formula is C13H26N2O. The van der Waals surface area contributed by atoms with Gasteiger partial charge in [0, 0.05) is 13.1 Å². The fourth-order valence-corrected chi connectivity index (χ4v) is 2.35. The number of nitrogens with two attached hydrogens (primary N) is 1. The summed E-state index contributed by atoms with van der Waals surface area (Å²) in [5.74, 6) is 1.20. The number of amides is 1. The molecule has 1 aliphatic heterocycles. The molecule has 0 saturated carbocycles. The highest BCUT2D eigenvalue weighted by molar-refractivity contribution is 5.81. The van der Waals surface area contributed by atoms with Gasteiger partial charge in [-0.05, 0) is 24.7 Å². The SMILES string of the molecule is CCCC1CCN(C(=O)[C@@H](N)C(C)C)CC1. The second-order valence-electron chi connectivity index (χ2n) is 5.33. The number of hydrogen-bond acceptors (Lipinski definition) is 2. The van der Waals surface area contributed by atoms with E-state index in [9.17, 15) is 4.79 Å². The number of carbonyl (C=O) groups is 1. The van der Waals surface area contributed by atoms with Crippen LogP contribution >= 0.6 is 0 Å². The molecule has 16 heavy (non-hydrogen) atoms. The summed E-state index contributed by atoms with van der Waals surface area (Å²) in [6.45, 7) is 8.05. The molecule has 1 aliphatic rings. The molecule has 0 bridgehead atoms. The average Bonchev–Trinajstić information content (AvgIpc) is 2.28. The van der Waals surface area contributed by atoms with E-state index in [0.29, 0.717) is 0 Å². The normalized spacial score (nSPS) is 20.2. The van der Waals surface area contributed by atoms with E-state index in [1.54, 1.807) is 0 Å². The van der Waals surface area contributed by atoms with Crippen molar-refractivity contribution in [3.63, 3.8) is 0 Å². The Labute approximate surface area is 99.4 Å². The Morgan fingerprint density at radius 1 is 1.38 bits per heavy atom. The van der Waals surface area contributed by atoms with Crippen molar-refractivity contribution >= 4 is 5.91 Å². The number of nitrogens with zero attached hydrogens (tertiary/aromatic N) is 1. The predicted octanol–water partition coefficient (Wildman–Crippen LogP) is 2.01. The minimum absolute atomic E-state index is 0.143. The molecule has 1 saturated heterocycles. The van der Waals surface area contributed by atoms with Gasteiger partial charge in [0.2, 0.25) is 5.91 Å². The molecule has 1 amide bonds. The van der Waals surface area contributed by atoms with E-state index >= 15 is 0 Å². The standard InChI is InChI=1S/C13H26N2O/c1-4-5-11-6-8-15(9-7-11)13(16)12(14)10(2)3/h10-12H,4-9,14H2,1-3H3/t12-/m0/s1. The summed E-state index contributed by atoms with van der Waals surface area (Å²) in [5.41, 5.74) is 5.89. The maximum atomic E-state index is 12.0. The number of piperidine rings is 1. The molecule has 94 valence electrons. The lowest BCUT2D eigenvalue weighted by atomic mass is 9.92.